The number of methoxy groups -OCH3 is 1. The molecule has 2 amide bonds. The molecule has 1 fully saturated rings. The molecule has 0 unspecified atom stereocenters. The molecule has 1 saturated heterocycles. The lowest BCUT2D eigenvalue weighted by atomic mass is 9.96. The van der Waals surface area contributed by atoms with Gasteiger partial charge in [0, 0.05) is 18.2 Å². The number of piperidine rings is 1. The van der Waals surface area contributed by atoms with Gasteiger partial charge in [-0.25, -0.2) is 0 Å². The van der Waals surface area contributed by atoms with E-state index in [2.05, 4.69) is 15.5 Å². The van der Waals surface area contributed by atoms with Crippen LogP contribution in [0.4, 0.5) is 5.69 Å². The largest absolute Gasteiger partial charge is 0.496 e. The molecule has 0 spiro atoms. The van der Waals surface area contributed by atoms with Crippen LogP contribution in [0.3, 0.4) is 0 Å². The molecule has 30 heavy (non-hydrogen) atoms. The molecule has 160 valence electrons. The van der Waals surface area contributed by atoms with E-state index < -0.39 is 0 Å². The van der Waals surface area contributed by atoms with Crippen LogP contribution in [0, 0.1) is 12.8 Å². The highest BCUT2D eigenvalue weighted by molar-refractivity contribution is 5.92. The maximum absolute atomic E-state index is 12.5. The van der Waals surface area contributed by atoms with Gasteiger partial charge in [0.15, 0.2) is 0 Å². The van der Waals surface area contributed by atoms with E-state index in [1.165, 1.54) is 0 Å². The zero-order valence-corrected chi connectivity index (χ0v) is 17.8. The first-order valence-electron chi connectivity index (χ1n) is 10.5. The predicted octanol–water partition coefficient (Wildman–Crippen LogP) is 3.01. The Morgan fingerprint density at radius 2 is 1.77 bits per heavy atom. The molecular formula is C24H31N3O3. The molecule has 2 N–H and O–H groups in total. The van der Waals surface area contributed by atoms with Gasteiger partial charge in [0.1, 0.15) is 5.75 Å². The third kappa shape index (κ3) is 6.32. The van der Waals surface area contributed by atoms with E-state index in [4.69, 9.17) is 4.74 Å². The summed E-state index contributed by atoms with van der Waals surface area (Å²) in [5.74, 6) is 0.954. The Hall–Kier alpha value is -2.86. The van der Waals surface area contributed by atoms with Gasteiger partial charge in [0.25, 0.3) is 0 Å². The summed E-state index contributed by atoms with van der Waals surface area (Å²) in [7, 11) is 1.66. The molecule has 6 heteroatoms. The maximum Gasteiger partial charge on any atom is 0.238 e. The molecule has 0 aliphatic carbocycles. The number of anilines is 1. The number of hydrogen-bond acceptors (Lipinski definition) is 4. The molecule has 1 aliphatic heterocycles. The molecule has 0 bridgehead atoms. The number of ether oxygens (including phenoxy) is 1. The van der Waals surface area contributed by atoms with Crippen LogP contribution in [-0.4, -0.2) is 50.0 Å². The lowest BCUT2D eigenvalue weighted by Crippen LogP contribution is -2.43. The van der Waals surface area contributed by atoms with Crippen molar-refractivity contribution in [2.75, 3.05) is 38.6 Å². The van der Waals surface area contributed by atoms with Gasteiger partial charge in [-0.1, -0.05) is 35.9 Å². The predicted molar refractivity (Wildman–Crippen MR) is 119 cm³/mol. The maximum atomic E-state index is 12.5. The summed E-state index contributed by atoms with van der Waals surface area (Å²) in [5.41, 5.74) is 3.07. The Labute approximate surface area is 178 Å². The second kappa shape index (κ2) is 10.8. The van der Waals surface area contributed by atoms with Gasteiger partial charge >= 0.3 is 0 Å². The Morgan fingerprint density at radius 1 is 1.07 bits per heavy atom. The number of benzene rings is 2. The van der Waals surface area contributed by atoms with Gasteiger partial charge in [-0.05, 0) is 63.0 Å². The average molecular weight is 410 g/mol. The highest BCUT2D eigenvalue weighted by Crippen LogP contribution is 2.19. The number of carbonyl (C=O) groups excluding carboxylic acids is 2. The van der Waals surface area contributed by atoms with Crippen LogP contribution in [0.25, 0.3) is 0 Å². The first-order chi connectivity index (χ1) is 14.5. The number of para-hydroxylation sites is 1. The summed E-state index contributed by atoms with van der Waals surface area (Å²) in [6.07, 6.45) is 2.30. The summed E-state index contributed by atoms with van der Waals surface area (Å²) >= 11 is 0. The minimum atomic E-state index is -0.0152. The minimum Gasteiger partial charge on any atom is -0.496 e. The monoisotopic (exact) mass is 409 g/mol. The number of rotatable bonds is 8. The number of nitrogens with zero attached hydrogens (tertiary/aromatic N) is 1. The standard InChI is InChI=1S/C24H31N3O3/c1-18-7-9-21(10-8-18)26-23(28)17-27-15-12-20(13-16-27)24(29)25-14-11-19-5-3-4-6-22(19)30-2/h3-10,20H,11-17H2,1-2H3,(H,25,29)(H,26,28). The summed E-state index contributed by atoms with van der Waals surface area (Å²) in [6.45, 7) is 4.48. The van der Waals surface area contributed by atoms with E-state index >= 15 is 0 Å². The minimum absolute atomic E-state index is 0.0130. The summed E-state index contributed by atoms with van der Waals surface area (Å²) in [4.78, 5) is 26.9. The van der Waals surface area contributed by atoms with E-state index in [9.17, 15) is 9.59 Å². The van der Waals surface area contributed by atoms with Crippen LogP contribution in [0.2, 0.25) is 0 Å². The summed E-state index contributed by atoms with van der Waals surface area (Å²) < 4.78 is 5.35. The highest BCUT2D eigenvalue weighted by Gasteiger charge is 2.25. The zero-order chi connectivity index (χ0) is 21.3. The number of aryl methyl sites for hydroxylation is 1. The number of likely N-dealkylation sites (tertiary alicyclic amines) is 1. The first kappa shape index (κ1) is 21.8. The van der Waals surface area contributed by atoms with Crippen molar-refractivity contribution in [1.29, 1.82) is 0 Å². The van der Waals surface area contributed by atoms with Crippen molar-refractivity contribution in [3.8, 4) is 5.75 Å². The second-order valence-electron chi connectivity index (χ2n) is 7.82. The zero-order valence-electron chi connectivity index (χ0n) is 17.8. The van der Waals surface area contributed by atoms with Crippen LogP contribution < -0.4 is 15.4 Å². The van der Waals surface area contributed by atoms with Crippen molar-refractivity contribution in [1.82, 2.24) is 10.2 Å². The Morgan fingerprint density at radius 3 is 2.47 bits per heavy atom. The molecule has 0 atom stereocenters. The molecular weight excluding hydrogens is 378 g/mol. The van der Waals surface area contributed by atoms with Crippen LogP contribution in [0.1, 0.15) is 24.0 Å². The smallest absolute Gasteiger partial charge is 0.238 e. The van der Waals surface area contributed by atoms with Gasteiger partial charge in [-0.2, -0.15) is 0 Å². The molecule has 1 aliphatic rings. The molecule has 2 aromatic rings. The lowest BCUT2D eigenvalue weighted by Gasteiger charge is -2.30. The Bertz CT molecular complexity index is 843. The Kier molecular flexibility index (Phi) is 7.85. The van der Waals surface area contributed by atoms with E-state index in [0.29, 0.717) is 13.1 Å². The highest BCUT2D eigenvalue weighted by atomic mass is 16.5. The fourth-order valence-corrected chi connectivity index (χ4v) is 3.77. The number of hydrogen-bond donors (Lipinski definition) is 2. The van der Waals surface area contributed by atoms with Gasteiger partial charge in [-0.15, -0.1) is 0 Å². The average Bonchev–Trinajstić information content (AvgIpc) is 2.76. The topological polar surface area (TPSA) is 70.7 Å². The normalized spacial score (nSPS) is 14.9. The van der Waals surface area contributed by atoms with Crippen molar-refractivity contribution in [2.24, 2.45) is 5.92 Å². The van der Waals surface area contributed by atoms with E-state index in [1.54, 1.807) is 7.11 Å². The van der Waals surface area contributed by atoms with Crippen molar-refractivity contribution < 1.29 is 14.3 Å². The van der Waals surface area contributed by atoms with Crippen LogP contribution in [-0.2, 0) is 16.0 Å². The molecule has 0 saturated carbocycles. The number of nitrogens with one attached hydrogen (secondary N) is 2. The quantitative estimate of drug-likeness (QED) is 0.703. The van der Waals surface area contributed by atoms with Crippen LogP contribution in [0.5, 0.6) is 5.75 Å². The van der Waals surface area contributed by atoms with Crippen LogP contribution >= 0.6 is 0 Å². The van der Waals surface area contributed by atoms with E-state index in [0.717, 1.165) is 54.9 Å². The fourth-order valence-electron chi connectivity index (χ4n) is 3.77. The summed E-state index contributed by atoms with van der Waals surface area (Å²) in [5, 5.41) is 5.99. The molecule has 1 heterocycles. The van der Waals surface area contributed by atoms with Crippen LogP contribution in [0.15, 0.2) is 48.5 Å². The van der Waals surface area contributed by atoms with Gasteiger partial charge in [-0.3, -0.25) is 14.5 Å². The van der Waals surface area contributed by atoms with Crippen molar-refractivity contribution in [2.45, 2.75) is 26.2 Å². The number of carbonyl (C=O) groups is 2. The van der Waals surface area contributed by atoms with Gasteiger partial charge in [0.2, 0.25) is 11.8 Å². The third-order valence-corrected chi connectivity index (χ3v) is 5.55. The van der Waals surface area contributed by atoms with Crippen molar-refractivity contribution in [3.05, 3.63) is 59.7 Å². The number of amides is 2. The fraction of sp³-hybridized carbons (Fsp3) is 0.417. The first-order valence-corrected chi connectivity index (χ1v) is 10.5. The van der Waals surface area contributed by atoms with Gasteiger partial charge < -0.3 is 15.4 Å². The molecule has 0 aromatic heterocycles. The second-order valence-corrected chi connectivity index (χ2v) is 7.82. The molecule has 6 nitrogen and oxygen atoms in total. The summed E-state index contributed by atoms with van der Waals surface area (Å²) in [6, 6.07) is 15.7. The van der Waals surface area contributed by atoms with E-state index in [1.807, 2.05) is 55.5 Å². The van der Waals surface area contributed by atoms with Crippen molar-refractivity contribution in [3.63, 3.8) is 0 Å². The lowest BCUT2D eigenvalue weighted by molar-refractivity contribution is -0.126. The Balaban J connectivity index is 1.36. The molecule has 3 rings (SSSR count). The third-order valence-electron chi connectivity index (χ3n) is 5.55. The molecule has 0 radical (unpaired) electrons. The van der Waals surface area contributed by atoms with E-state index in [-0.39, 0.29) is 17.7 Å². The molecule has 2 aromatic carbocycles. The van der Waals surface area contributed by atoms with Crippen molar-refractivity contribution >= 4 is 17.5 Å². The van der Waals surface area contributed by atoms with Gasteiger partial charge in [0.05, 0.1) is 13.7 Å². The SMILES string of the molecule is COc1ccccc1CCNC(=O)C1CCN(CC(=O)Nc2ccc(C)cc2)CC1.